The van der Waals surface area contributed by atoms with Crippen molar-refractivity contribution in [2.24, 2.45) is 0 Å². The fourth-order valence-corrected chi connectivity index (χ4v) is 29.5. The van der Waals surface area contributed by atoms with E-state index >= 15 is 0 Å². The van der Waals surface area contributed by atoms with Gasteiger partial charge in [0.05, 0.1) is 0 Å². The molecule has 0 amide bonds. The van der Waals surface area contributed by atoms with Crippen LogP contribution in [0, 0.1) is 13.8 Å². The minimum atomic E-state index is -2.97. The number of allylic oxidation sites excluding steroid dienone is 2. The van der Waals surface area contributed by atoms with Crippen molar-refractivity contribution >= 4 is 44.8 Å². The quantitative estimate of drug-likeness (QED) is 0.180. The summed E-state index contributed by atoms with van der Waals surface area (Å²) >= 11 is -2.97. The van der Waals surface area contributed by atoms with Crippen LogP contribution in [0.15, 0.2) is 146 Å². The van der Waals surface area contributed by atoms with Crippen molar-refractivity contribution in [3.8, 4) is 22.6 Å². The molecule has 1 saturated heterocycles. The van der Waals surface area contributed by atoms with Gasteiger partial charge in [-0.2, -0.15) is 0 Å². The first-order valence-corrected chi connectivity index (χ1v) is 33.0. The van der Waals surface area contributed by atoms with Gasteiger partial charge in [-0.1, -0.05) is 95.2 Å². The molecule has 0 aromatic heterocycles. The van der Waals surface area contributed by atoms with Gasteiger partial charge in [-0.25, -0.2) is 0 Å². The van der Waals surface area contributed by atoms with Gasteiger partial charge in [-0.05, 0) is 44.9 Å². The number of hydrogen-bond acceptors (Lipinski definition) is 2. The molecule has 2 unspecified atom stereocenters. The SMILES string of the molecule is CC(C)(C)c1cc(-c2cc(C(C)(C)C)cc(C(C)(C)C)c2O)c(O)c(C(C)(C)C)c1.Cc1cc(C2=Cc3ccccc3[CH]2[Zr]2([CH]3C(c4cc(C)cc5ccccc45)=Cc4ccccc43)[CH2][CH2]2)c2ccccc2c1. The van der Waals surface area contributed by atoms with E-state index in [0.29, 0.717) is 18.4 Å². The van der Waals surface area contributed by atoms with Gasteiger partial charge in [-0.3, -0.25) is 0 Å². The van der Waals surface area contributed by atoms with Crippen LogP contribution in [-0.4, -0.2) is 10.2 Å². The van der Waals surface area contributed by atoms with Gasteiger partial charge < -0.3 is 10.2 Å². The molecule has 8 aromatic rings. The Morgan fingerprint density at radius 1 is 0.397 bits per heavy atom. The second kappa shape index (κ2) is 18.3. The van der Waals surface area contributed by atoms with Crippen LogP contribution in [0.3, 0.4) is 0 Å². The number of rotatable bonds is 5. The van der Waals surface area contributed by atoms with Crippen LogP contribution >= 0.6 is 0 Å². The van der Waals surface area contributed by atoms with Crippen LogP contribution in [0.1, 0.15) is 157 Å². The van der Waals surface area contributed by atoms with E-state index in [0.717, 1.165) is 22.3 Å². The molecule has 0 spiro atoms. The molecule has 2 atom stereocenters. The van der Waals surface area contributed by atoms with Gasteiger partial charge in [0.2, 0.25) is 0 Å². The standard InChI is InChI=1S/C28H42O2.2C20H15.C2H4.Zr/c1-25(2,3)17-13-19(23(29)21(15-17)27(7,8)9)20-14-18(26(4,5)6)16-22(24(20)30)28(10,11)12;2*1-14-10-17-8-4-5-9-19(17)20(11-14)18-12-15-6-2-3-7-16(15)13-18;1-2;/h13-16,29-30H,1-12H3;2*2-13H,1H3;1-2H2;. The Kier molecular flexibility index (Phi) is 12.7. The van der Waals surface area contributed by atoms with E-state index in [1.165, 1.54) is 63.2 Å². The normalized spacial score (nSPS) is 17.2. The Bertz CT molecular complexity index is 3320. The summed E-state index contributed by atoms with van der Waals surface area (Å²) in [6, 6.07) is 54.7. The molecule has 1 fully saturated rings. The number of phenolic OH excluding ortho intramolecular Hbond substituents is 2. The van der Waals surface area contributed by atoms with Crippen LogP contribution in [0.2, 0.25) is 8.26 Å². The molecule has 0 radical (unpaired) electrons. The molecule has 3 aliphatic rings. The molecule has 0 bridgehead atoms. The minimum absolute atomic E-state index is 0.0768. The van der Waals surface area contributed by atoms with Crippen LogP contribution in [0.25, 0.3) is 56.0 Å². The molecule has 2 nitrogen and oxygen atoms in total. The number of benzene rings is 8. The molecule has 73 heavy (non-hydrogen) atoms. The summed E-state index contributed by atoms with van der Waals surface area (Å²) in [6.07, 6.45) is 5.15. The van der Waals surface area contributed by atoms with Crippen molar-refractivity contribution in [1.29, 1.82) is 0 Å². The van der Waals surface area contributed by atoms with E-state index in [1.54, 1.807) is 22.3 Å². The number of fused-ring (bicyclic) bond motifs is 4. The second-order valence-electron chi connectivity index (χ2n) is 26.0. The third kappa shape index (κ3) is 9.32. The zero-order valence-electron chi connectivity index (χ0n) is 46.0. The zero-order chi connectivity index (χ0) is 52.2. The first-order valence-electron chi connectivity index (χ1n) is 26.7. The number of hydrogen-bond donors (Lipinski definition) is 2. The molecular weight excluding hydrogens is 964 g/mol. The van der Waals surface area contributed by atoms with Crippen molar-refractivity contribution in [3.05, 3.63) is 212 Å². The molecule has 2 N–H and O–H groups in total. The Labute approximate surface area is 441 Å². The Hall–Kier alpha value is -5.76. The fraction of sp³-hybridized carbons (Fsp3) is 0.314. The predicted octanol–water partition coefficient (Wildman–Crippen LogP) is 19.5. The van der Waals surface area contributed by atoms with E-state index in [-0.39, 0.29) is 33.2 Å². The Balaban J connectivity index is 0.000000180. The summed E-state index contributed by atoms with van der Waals surface area (Å²) in [7, 11) is 0. The van der Waals surface area contributed by atoms with E-state index < -0.39 is 20.3 Å². The third-order valence-electron chi connectivity index (χ3n) is 16.3. The summed E-state index contributed by atoms with van der Waals surface area (Å²) in [6.45, 7) is 30.3. The van der Waals surface area contributed by atoms with Crippen LogP contribution in [0.4, 0.5) is 0 Å². The molecule has 372 valence electrons. The number of phenols is 2. The van der Waals surface area contributed by atoms with Gasteiger partial charge in [0.15, 0.2) is 0 Å². The molecular formula is C70H76O2Zr. The fourth-order valence-electron chi connectivity index (χ4n) is 12.3. The van der Waals surface area contributed by atoms with E-state index in [9.17, 15) is 10.2 Å². The maximum absolute atomic E-state index is 11.4. The van der Waals surface area contributed by atoms with Crippen LogP contribution in [0.5, 0.6) is 11.5 Å². The molecule has 1 aliphatic heterocycles. The second-order valence-corrected chi connectivity index (χ2v) is 37.3. The summed E-state index contributed by atoms with van der Waals surface area (Å²) in [5.74, 6) is 0.522. The molecule has 2 aliphatic carbocycles. The van der Waals surface area contributed by atoms with Gasteiger partial charge >= 0.3 is 260 Å². The molecule has 0 saturated carbocycles. The van der Waals surface area contributed by atoms with Crippen molar-refractivity contribution < 1.29 is 30.5 Å². The summed E-state index contributed by atoms with van der Waals surface area (Å²) in [5.41, 5.74) is 19.8. The van der Waals surface area contributed by atoms with Gasteiger partial charge in [0, 0.05) is 22.3 Å². The topological polar surface area (TPSA) is 40.5 Å². The van der Waals surface area contributed by atoms with Crippen molar-refractivity contribution in [3.63, 3.8) is 0 Å². The summed E-state index contributed by atoms with van der Waals surface area (Å²) < 4.78 is 3.97. The third-order valence-corrected chi connectivity index (χ3v) is 29.1. The first kappa shape index (κ1) is 50.8. The summed E-state index contributed by atoms with van der Waals surface area (Å²) in [4.78, 5) is 0. The maximum atomic E-state index is 11.4. The van der Waals surface area contributed by atoms with E-state index in [2.05, 4.69) is 255 Å². The van der Waals surface area contributed by atoms with Crippen molar-refractivity contribution in [2.45, 2.75) is 134 Å². The van der Waals surface area contributed by atoms with Gasteiger partial charge in [-0.15, -0.1) is 0 Å². The van der Waals surface area contributed by atoms with Crippen LogP contribution < -0.4 is 0 Å². The van der Waals surface area contributed by atoms with Gasteiger partial charge in [0.25, 0.3) is 0 Å². The van der Waals surface area contributed by atoms with Gasteiger partial charge in [0.1, 0.15) is 11.5 Å². The summed E-state index contributed by atoms with van der Waals surface area (Å²) in [5, 5.41) is 28.2. The average molecular weight is 1040 g/mol. The molecule has 1 heterocycles. The van der Waals surface area contributed by atoms with Crippen molar-refractivity contribution in [1.82, 2.24) is 0 Å². The molecule has 3 heteroatoms. The Morgan fingerprint density at radius 2 is 0.753 bits per heavy atom. The Morgan fingerprint density at radius 3 is 1.11 bits per heavy atom. The molecule has 8 aromatic carbocycles. The predicted molar refractivity (Wildman–Crippen MR) is 311 cm³/mol. The number of aryl methyl sites for hydroxylation is 2. The molecule has 11 rings (SSSR count). The first-order chi connectivity index (χ1) is 34.3. The van der Waals surface area contributed by atoms with Crippen LogP contribution in [-0.2, 0) is 41.9 Å². The van der Waals surface area contributed by atoms with E-state index in [1.807, 2.05) is 0 Å². The van der Waals surface area contributed by atoms with E-state index in [4.69, 9.17) is 0 Å². The zero-order valence-corrected chi connectivity index (χ0v) is 48.4. The number of aromatic hydroxyl groups is 2. The monoisotopic (exact) mass is 1040 g/mol. The van der Waals surface area contributed by atoms with Crippen molar-refractivity contribution in [2.75, 3.05) is 0 Å². The average Bonchev–Trinajstić information content (AvgIpc) is 3.85.